The summed E-state index contributed by atoms with van der Waals surface area (Å²) in [6.45, 7) is 1.39. The Morgan fingerprint density at radius 2 is 1.96 bits per heavy atom. The third kappa shape index (κ3) is 4.00. The van der Waals surface area contributed by atoms with Crippen molar-refractivity contribution in [1.82, 2.24) is 15.2 Å². The van der Waals surface area contributed by atoms with Crippen LogP contribution in [0.15, 0.2) is 29.4 Å². The second kappa shape index (κ2) is 6.71. The highest BCUT2D eigenvalue weighted by atomic mass is 19.4. The summed E-state index contributed by atoms with van der Waals surface area (Å²) in [5, 5.41) is 18.4. The van der Waals surface area contributed by atoms with Gasteiger partial charge in [0.15, 0.2) is 0 Å². The van der Waals surface area contributed by atoms with Gasteiger partial charge in [-0.15, -0.1) is 0 Å². The smallest absolute Gasteiger partial charge is 0.265 e. The molecule has 2 rings (SSSR count). The Morgan fingerprint density at radius 1 is 1.36 bits per heavy atom. The number of halogens is 3. The second-order valence-corrected chi connectivity index (χ2v) is 4.98. The van der Waals surface area contributed by atoms with Crippen LogP contribution in [-0.2, 0) is 13.2 Å². The maximum atomic E-state index is 12.5. The number of nitrogens with zero attached hydrogens (tertiary/aromatic N) is 4. The van der Waals surface area contributed by atoms with Crippen LogP contribution in [0.1, 0.15) is 27.3 Å². The van der Waals surface area contributed by atoms with Gasteiger partial charge in [0.25, 0.3) is 5.91 Å². The molecule has 0 spiro atoms. The molecule has 132 valence electrons. The molecule has 0 atom stereocenters. The highest BCUT2D eigenvalue weighted by Gasteiger charge is 2.30. The summed E-state index contributed by atoms with van der Waals surface area (Å²) < 4.78 is 38.4. The largest absolute Gasteiger partial charge is 0.416 e. The first-order valence-corrected chi connectivity index (χ1v) is 6.80. The number of benzene rings is 1. The number of hydrazone groups is 1. The lowest BCUT2D eigenvalue weighted by atomic mass is 10.1. The van der Waals surface area contributed by atoms with Gasteiger partial charge in [0.05, 0.1) is 16.7 Å². The molecule has 0 bridgehead atoms. The van der Waals surface area contributed by atoms with Gasteiger partial charge in [0.2, 0.25) is 5.69 Å². The van der Waals surface area contributed by atoms with Crippen LogP contribution in [0.5, 0.6) is 0 Å². The molecule has 1 N–H and O–H groups in total. The van der Waals surface area contributed by atoms with Crippen molar-refractivity contribution in [3.63, 3.8) is 0 Å². The van der Waals surface area contributed by atoms with Crippen molar-refractivity contribution >= 4 is 17.8 Å². The van der Waals surface area contributed by atoms with E-state index in [0.29, 0.717) is 5.56 Å². The van der Waals surface area contributed by atoms with Crippen molar-refractivity contribution in [1.29, 1.82) is 0 Å². The number of aromatic nitrogens is 2. The summed E-state index contributed by atoms with van der Waals surface area (Å²) in [7, 11) is 1.37. The molecule has 0 aliphatic carbocycles. The highest BCUT2D eigenvalue weighted by molar-refractivity contribution is 5.97. The fourth-order valence-corrected chi connectivity index (χ4v) is 2.10. The van der Waals surface area contributed by atoms with Gasteiger partial charge >= 0.3 is 11.9 Å². The zero-order valence-electron chi connectivity index (χ0n) is 13.0. The van der Waals surface area contributed by atoms with Crippen molar-refractivity contribution in [3.8, 4) is 0 Å². The van der Waals surface area contributed by atoms with Crippen LogP contribution < -0.4 is 5.43 Å². The minimum absolute atomic E-state index is 0.0735. The van der Waals surface area contributed by atoms with Crippen LogP contribution in [0.4, 0.5) is 18.9 Å². The van der Waals surface area contributed by atoms with Crippen LogP contribution in [-0.4, -0.2) is 26.8 Å². The maximum Gasteiger partial charge on any atom is 0.416 e. The van der Waals surface area contributed by atoms with E-state index in [9.17, 15) is 28.1 Å². The molecule has 1 aromatic heterocycles. The van der Waals surface area contributed by atoms with E-state index >= 15 is 0 Å². The molecule has 8 nitrogen and oxygen atoms in total. The van der Waals surface area contributed by atoms with Crippen molar-refractivity contribution in [2.75, 3.05) is 0 Å². The van der Waals surface area contributed by atoms with E-state index < -0.39 is 28.3 Å². The van der Waals surface area contributed by atoms with Gasteiger partial charge in [0, 0.05) is 7.05 Å². The Morgan fingerprint density at radius 3 is 2.48 bits per heavy atom. The number of alkyl halides is 3. The molecule has 0 unspecified atom stereocenters. The molecular formula is C14H12F3N5O3. The maximum absolute atomic E-state index is 12.5. The molecule has 25 heavy (non-hydrogen) atoms. The number of nitro groups is 1. The average Bonchev–Trinajstić information content (AvgIpc) is 2.81. The number of amides is 1. The number of hydrogen-bond donors (Lipinski definition) is 1. The molecule has 0 aliphatic rings. The Hall–Kier alpha value is -3.24. The highest BCUT2D eigenvalue weighted by Crippen LogP contribution is 2.28. The molecule has 0 saturated carbocycles. The third-order valence-corrected chi connectivity index (χ3v) is 3.21. The summed E-state index contributed by atoms with van der Waals surface area (Å²) in [6, 6.07) is 4.10. The summed E-state index contributed by atoms with van der Waals surface area (Å²) in [5.74, 6) is -0.863. The molecule has 0 fully saturated rings. The predicted molar refractivity (Wildman–Crippen MR) is 81.1 cm³/mol. The van der Waals surface area contributed by atoms with E-state index in [0.717, 1.165) is 23.0 Å². The first-order chi connectivity index (χ1) is 11.6. The minimum Gasteiger partial charge on any atom is -0.265 e. The van der Waals surface area contributed by atoms with Crippen molar-refractivity contribution in [2.45, 2.75) is 13.1 Å². The van der Waals surface area contributed by atoms with Crippen molar-refractivity contribution < 1.29 is 22.9 Å². The molecule has 1 aromatic carbocycles. The molecule has 0 saturated heterocycles. The van der Waals surface area contributed by atoms with Crippen LogP contribution in [0.25, 0.3) is 0 Å². The molecular weight excluding hydrogens is 343 g/mol. The van der Waals surface area contributed by atoms with E-state index in [2.05, 4.69) is 15.6 Å². The van der Waals surface area contributed by atoms with Gasteiger partial charge < -0.3 is 0 Å². The molecule has 0 radical (unpaired) electrons. The molecule has 0 aliphatic heterocycles. The van der Waals surface area contributed by atoms with Gasteiger partial charge in [0.1, 0.15) is 5.69 Å². The van der Waals surface area contributed by atoms with E-state index in [4.69, 9.17) is 0 Å². The van der Waals surface area contributed by atoms with Gasteiger partial charge in [-0.05, 0) is 24.6 Å². The SMILES string of the molecule is Cc1nn(C)c(C(=O)NN=Cc2ccc(C(F)(F)F)cc2)c1[N+](=O)[O-]. The van der Waals surface area contributed by atoms with E-state index in [1.54, 1.807) is 0 Å². The topological polar surface area (TPSA) is 102 Å². The van der Waals surface area contributed by atoms with Crippen molar-refractivity contribution in [3.05, 3.63) is 56.9 Å². The zero-order chi connectivity index (χ0) is 18.8. The van der Waals surface area contributed by atoms with Crippen molar-refractivity contribution in [2.24, 2.45) is 12.1 Å². The quantitative estimate of drug-likeness (QED) is 0.517. The monoisotopic (exact) mass is 355 g/mol. The first-order valence-electron chi connectivity index (χ1n) is 6.80. The van der Waals surface area contributed by atoms with Gasteiger partial charge in [-0.2, -0.15) is 23.4 Å². The summed E-state index contributed by atoms with van der Waals surface area (Å²) >= 11 is 0. The fraction of sp³-hybridized carbons (Fsp3) is 0.214. The molecule has 11 heteroatoms. The lowest BCUT2D eigenvalue weighted by Gasteiger charge is -2.05. The van der Waals surface area contributed by atoms with E-state index in [-0.39, 0.29) is 11.4 Å². The predicted octanol–water partition coefficient (Wildman–Crippen LogP) is 2.42. The molecule has 1 amide bonds. The second-order valence-electron chi connectivity index (χ2n) is 4.98. The first kappa shape index (κ1) is 18.1. The van der Waals surface area contributed by atoms with Gasteiger partial charge in [-0.3, -0.25) is 19.6 Å². The van der Waals surface area contributed by atoms with Crippen LogP contribution in [0.2, 0.25) is 0 Å². The lowest BCUT2D eigenvalue weighted by Crippen LogP contribution is -2.22. The zero-order valence-corrected chi connectivity index (χ0v) is 13.0. The van der Waals surface area contributed by atoms with E-state index in [1.165, 1.54) is 26.1 Å². The Labute approximate surface area is 139 Å². The number of carbonyl (C=O) groups excluding carboxylic acids is 1. The Kier molecular flexibility index (Phi) is 4.86. The van der Waals surface area contributed by atoms with Crippen LogP contribution >= 0.6 is 0 Å². The Bertz CT molecular complexity index is 841. The molecule has 2 aromatic rings. The molecule has 1 heterocycles. The number of carbonyl (C=O) groups is 1. The number of nitrogens with one attached hydrogen (secondary N) is 1. The van der Waals surface area contributed by atoms with E-state index in [1.807, 2.05) is 0 Å². The normalized spacial score (nSPS) is 11.7. The third-order valence-electron chi connectivity index (χ3n) is 3.21. The fourth-order valence-electron chi connectivity index (χ4n) is 2.10. The minimum atomic E-state index is -4.44. The number of rotatable bonds is 4. The Balaban J connectivity index is 2.13. The number of hydrogen-bond acceptors (Lipinski definition) is 5. The van der Waals surface area contributed by atoms with Gasteiger partial charge in [-0.25, -0.2) is 5.43 Å². The average molecular weight is 355 g/mol. The van der Waals surface area contributed by atoms with Crippen LogP contribution in [0.3, 0.4) is 0 Å². The summed E-state index contributed by atoms with van der Waals surface area (Å²) in [6.07, 6.45) is -3.33. The lowest BCUT2D eigenvalue weighted by molar-refractivity contribution is -0.385. The number of aryl methyl sites for hydroxylation is 2. The standard InChI is InChI=1S/C14H12F3N5O3/c1-8-11(22(24)25)12(21(2)20-8)13(23)19-18-7-9-3-5-10(6-4-9)14(15,16)17/h3-7H,1-2H3,(H,19,23). The van der Waals surface area contributed by atoms with Gasteiger partial charge in [-0.1, -0.05) is 12.1 Å². The summed E-state index contributed by atoms with van der Waals surface area (Å²) in [4.78, 5) is 22.3. The van der Waals surface area contributed by atoms with Crippen LogP contribution in [0, 0.1) is 17.0 Å². The summed E-state index contributed by atoms with van der Waals surface area (Å²) in [5.41, 5.74) is 0.932.